The Morgan fingerprint density at radius 3 is 2.05 bits per heavy atom. The van der Waals surface area contributed by atoms with Gasteiger partial charge in [-0.25, -0.2) is 8.42 Å². The molecule has 2 amide bonds. The first kappa shape index (κ1) is 31.7. The maximum Gasteiger partial charge on any atom is 0.264 e. The van der Waals surface area contributed by atoms with Gasteiger partial charge in [0.25, 0.3) is 10.0 Å². The lowest BCUT2D eigenvalue weighted by molar-refractivity contribution is -0.140. The third-order valence-corrected chi connectivity index (χ3v) is 9.08. The molecule has 0 radical (unpaired) electrons. The number of hydrogen-bond acceptors (Lipinski definition) is 4. The van der Waals surface area contributed by atoms with Gasteiger partial charge in [-0.1, -0.05) is 72.4 Å². The highest BCUT2D eigenvalue weighted by Crippen LogP contribution is 2.29. The van der Waals surface area contributed by atoms with E-state index >= 15 is 0 Å². The van der Waals surface area contributed by atoms with Gasteiger partial charge >= 0.3 is 0 Å². The van der Waals surface area contributed by atoms with Crippen LogP contribution in [0.4, 0.5) is 5.69 Å². The molecule has 3 aromatic rings. The van der Waals surface area contributed by atoms with Crippen molar-refractivity contribution in [3.63, 3.8) is 0 Å². The van der Waals surface area contributed by atoms with Crippen molar-refractivity contribution in [1.29, 1.82) is 0 Å². The molecule has 11 heteroatoms. The maximum atomic E-state index is 14.1. The first-order chi connectivity index (χ1) is 19.0. The molecule has 0 aliphatic carbocycles. The van der Waals surface area contributed by atoms with E-state index in [2.05, 4.69) is 5.32 Å². The lowest BCUT2D eigenvalue weighted by Crippen LogP contribution is -2.52. The van der Waals surface area contributed by atoms with E-state index in [0.29, 0.717) is 39.3 Å². The van der Waals surface area contributed by atoms with Gasteiger partial charge in [0.1, 0.15) is 12.6 Å². The molecule has 1 unspecified atom stereocenters. The molecule has 214 valence electrons. The van der Waals surface area contributed by atoms with Crippen LogP contribution in [0.3, 0.4) is 0 Å². The number of benzene rings is 3. The smallest absolute Gasteiger partial charge is 0.264 e. The Hall–Kier alpha value is -2.78. The molecule has 0 saturated heterocycles. The minimum Gasteiger partial charge on any atom is -0.354 e. The Labute approximate surface area is 251 Å². The Bertz CT molecular complexity index is 1410. The van der Waals surface area contributed by atoms with E-state index < -0.39 is 28.5 Å². The monoisotopic (exact) mass is 623 g/mol. The highest BCUT2D eigenvalue weighted by Gasteiger charge is 2.34. The van der Waals surface area contributed by atoms with Crippen LogP contribution in [-0.2, 0) is 26.2 Å². The number of sulfonamides is 1. The summed E-state index contributed by atoms with van der Waals surface area (Å²) in [6.45, 7) is 5.38. The summed E-state index contributed by atoms with van der Waals surface area (Å²) in [5.74, 6) is -0.934. The Balaban J connectivity index is 2.08. The second-order valence-electron chi connectivity index (χ2n) is 9.24. The van der Waals surface area contributed by atoms with Gasteiger partial charge in [0.05, 0.1) is 10.6 Å². The molecule has 0 fully saturated rings. The Morgan fingerprint density at radius 2 is 1.50 bits per heavy atom. The van der Waals surface area contributed by atoms with E-state index in [1.807, 2.05) is 13.8 Å². The normalized spacial score (nSPS) is 12.1. The topological polar surface area (TPSA) is 86.8 Å². The molecule has 40 heavy (non-hydrogen) atoms. The van der Waals surface area contributed by atoms with E-state index in [1.165, 1.54) is 29.2 Å². The van der Waals surface area contributed by atoms with Gasteiger partial charge in [-0.05, 0) is 68.3 Å². The molecule has 0 aliphatic heterocycles. The molecule has 1 atom stereocenters. The number of carbonyl (C=O) groups is 2. The zero-order valence-corrected chi connectivity index (χ0v) is 25.6. The SMILES string of the molecule is CCCNC(=O)C(CC)N(Cc1c(Cl)cccc1Cl)C(=O)CN(c1ccc(C)cc1)S(=O)(=O)c1ccc(Cl)cc1. The molecular formula is C29H32Cl3N3O4S. The summed E-state index contributed by atoms with van der Waals surface area (Å²) in [7, 11) is -4.19. The second-order valence-corrected chi connectivity index (χ2v) is 12.4. The zero-order chi connectivity index (χ0) is 29.4. The van der Waals surface area contributed by atoms with E-state index in [0.717, 1.165) is 9.87 Å². The van der Waals surface area contributed by atoms with Crippen molar-refractivity contribution in [3.05, 3.63) is 92.9 Å². The van der Waals surface area contributed by atoms with Crippen molar-refractivity contribution in [2.45, 2.75) is 51.1 Å². The molecule has 0 aromatic heterocycles. The van der Waals surface area contributed by atoms with Crippen molar-refractivity contribution in [1.82, 2.24) is 10.2 Å². The molecule has 7 nitrogen and oxygen atoms in total. The van der Waals surface area contributed by atoms with Crippen molar-refractivity contribution < 1.29 is 18.0 Å². The molecule has 0 aliphatic rings. The average molecular weight is 625 g/mol. The fraction of sp³-hybridized carbons (Fsp3) is 0.310. The summed E-state index contributed by atoms with van der Waals surface area (Å²) in [5.41, 5.74) is 1.68. The fourth-order valence-electron chi connectivity index (χ4n) is 4.11. The Kier molecular flexibility index (Phi) is 11.3. The number of rotatable bonds is 12. The van der Waals surface area contributed by atoms with Crippen LogP contribution in [0, 0.1) is 6.92 Å². The summed E-state index contributed by atoms with van der Waals surface area (Å²) in [6.07, 6.45) is 1.00. The predicted octanol–water partition coefficient (Wildman–Crippen LogP) is 6.48. The van der Waals surface area contributed by atoms with E-state index in [4.69, 9.17) is 34.8 Å². The van der Waals surface area contributed by atoms with Crippen LogP contribution < -0.4 is 9.62 Å². The summed E-state index contributed by atoms with van der Waals surface area (Å²) in [4.78, 5) is 28.5. The van der Waals surface area contributed by atoms with Crippen LogP contribution in [0.2, 0.25) is 15.1 Å². The number of anilines is 1. The number of aryl methyl sites for hydroxylation is 1. The zero-order valence-electron chi connectivity index (χ0n) is 22.5. The highest BCUT2D eigenvalue weighted by atomic mass is 35.5. The lowest BCUT2D eigenvalue weighted by Gasteiger charge is -2.33. The Morgan fingerprint density at radius 1 is 0.900 bits per heavy atom. The summed E-state index contributed by atoms with van der Waals surface area (Å²) < 4.78 is 28.8. The minimum absolute atomic E-state index is 0.0290. The van der Waals surface area contributed by atoms with Crippen LogP contribution in [0.1, 0.15) is 37.8 Å². The molecule has 0 bridgehead atoms. The van der Waals surface area contributed by atoms with Gasteiger partial charge in [-0.2, -0.15) is 0 Å². The molecule has 1 N–H and O–H groups in total. The quantitative estimate of drug-likeness (QED) is 0.250. The van der Waals surface area contributed by atoms with Gasteiger partial charge < -0.3 is 10.2 Å². The predicted molar refractivity (Wildman–Crippen MR) is 162 cm³/mol. The highest BCUT2D eigenvalue weighted by molar-refractivity contribution is 7.92. The summed E-state index contributed by atoms with van der Waals surface area (Å²) in [5, 5.41) is 3.88. The van der Waals surface area contributed by atoms with Gasteiger partial charge in [0.2, 0.25) is 11.8 Å². The molecule has 3 aromatic carbocycles. The lowest BCUT2D eigenvalue weighted by atomic mass is 10.1. The van der Waals surface area contributed by atoms with Crippen LogP contribution in [-0.4, -0.2) is 44.3 Å². The number of hydrogen-bond donors (Lipinski definition) is 1. The van der Waals surface area contributed by atoms with Crippen LogP contribution in [0.5, 0.6) is 0 Å². The van der Waals surface area contributed by atoms with Crippen molar-refractivity contribution >= 4 is 62.3 Å². The first-order valence-electron chi connectivity index (χ1n) is 12.8. The third kappa shape index (κ3) is 7.69. The molecule has 0 spiro atoms. The summed E-state index contributed by atoms with van der Waals surface area (Å²) in [6, 6.07) is 16.6. The average Bonchev–Trinajstić information content (AvgIpc) is 2.92. The van der Waals surface area contributed by atoms with Gasteiger partial charge in [0.15, 0.2) is 0 Å². The van der Waals surface area contributed by atoms with Crippen LogP contribution >= 0.6 is 34.8 Å². The van der Waals surface area contributed by atoms with Crippen LogP contribution in [0.15, 0.2) is 71.6 Å². The van der Waals surface area contributed by atoms with E-state index in [1.54, 1.807) is 49.4 Å². The van der Waals surface area contributed by atoms with Gasteiger partial charge in [-0.3, -0.25) is 13.9 Å². The molecular weight excluding hydrogens is 593 g/mol. The number of amides is 2. The van der Waals surface area contributed by atoms with E-state index in [-0.39, 0.29) is 23.8 Å². The van der Waals surface area contributed by atoms with Crippen molar-refractivity contribution in [3.8, 4) is 0 Å². The third-order valence-electron chi connectivity index (χ3n) is 6.33. The maximum absolute atomic E-state index is 14.1. The summed E-state index contributed by atoms with van der Waals surface area (Å²) >= 11 is 18.9. The number of nitrogens with zero attached hydrogens (tertiary/aromatic N) is 2. The van der Waals surface area contributed by atoms with Gasteiger partial charge in [0, 0.05) is 33.7 Å². The second kappa shape index (κ2) is 14.2. The first-order valence-corrected chi connectivity index (χ1v) is 15.4. The number of carbonyl (C=O) groups excluding carboxylic acids is 2. The largest absolute Gasteiger partial charge is 0.354 e. The molecule has 3 rings (SSSR count). The fourth-order valence-corrected chi connectivity index (χ4v) is 6.17. The number of halogens is 3. The van der Waals surface area contributed by atoms with Crippen molar-refractivity contribution in [2.75, 3.05) is 17.4 Å². The van der Waals surface area contributed by atoms with Crippen LogP contribution in [0.25, 0.3) is 0 Å². The van der Waals surface area contributed by atoms with Crippen molar-refractivity contribution in [2.24, 2.45) is 0 Å². The van der Waals surface area contributed by atoms with E-state index in [9.17, 15) is 18.0 Å². The number of nitrogens with one attached hydrogen (secondary N) is 1. The molecule has 0 heterocycles. The standard InChI is InChI=1S/C29H32Cl3N3O4S/c1-4-17-33-29(37)27(5-2)34(18-24-25(31)7-6-8-26(24)32)28(36)19-35(22-13-9-20(3)10-14-22)40(38,39)23-15-11-21(30)12-16-23/h6-16,27H,4-5,17-19H2,1-3H3,(H,33,37). The minimum atomic E-state index is -4.19. The molecule has 0 saturated carbocycles. The van der Waals surface area contributed by atoms with Gasteiger partial charge in [-0.15, -0.1) is 0 Å².